The van der Waals surface area contributed by atoms with Crippen molar-refractivity contribution in [3.63, 3.8) is 0 Å². The van der Waals surface area contributed by atoms with Crippen molar-refractivity contribution in [2.24, 2.45) is 0 Å². The molecule has 0 spiro atoms. The van der Waals surface area contributed by atoms with Crippen LogP contribution in [0.3, 0.4) is 0 Å². The third-order valence-corrected chi connectivity index (χ3v) is 1.08. The second kappa shape index (κ2) is 6.88. The van der Waals surface area contributed by atoms with Crippen LogP contribution in [0, 0.1) is 0 Å². The van der Waals surface area contributed by atoms with E-state index in [0.29, 0.717) is 0 Å². The lowest BCUT2D eigenvalue weighted by Crippen LogP contribution is -2.03. The van der Waals surface area contributed by atoms with Gasteiger partial charge in [-0.1, -0.05) is 0 Å². The van der Waals surface area contributed by atoms with E-state index in [0.717, 1.165) is 13.2 Å². The van der Waals surface area contributed by atoms with Gasteiger partial charge in [-0.05, 0) is 19.3 Å². The van der Waals surface area contributed by atoms with Gasteiger partial charge in [0, 0.05) is 13.2 Å². The smallest absolute Gasteiger partial charge is 0.0466 e. The van der Waals surface area contributed by atoms with Crippen LogP contribution in [0.5, 0.6) is 0 Å². The maximum atomic E-state index is 5.07. The van der Waals surface area contributed by atoms with Crippen molar-refractivity contribution in [3.05, 3.63) is 0 Å². The zero-order valence-corrected chi connectivity index (χ0v) is 5.36. The van der Waals surface area contributed by atoms with Crippen LogP contribution < -0.4 is 12.3 Å². The summed E-state index contributed by atoms with van der Waals surface area (Å²) in [5.41, 5.74) is 0. The summed E-state index contributed by atoms with van der Waals surface area (Å²) in [5, 5.41) is 0. The van der Waals surface area contributed by atoms with Crippen LogP contribution >= 0.6 is 0 Å². The molecule has 0 aromatic heterocycles. The molecular formula is C5H16N2O. The minimum atomic E-state index is 0. The molecule has 1 aliphatic heterocycles. The maximum Gasteiger partial charge on any atom is 0.0466 e. The summed E-state index contributed by atoms with van der Waals surface area (Å²) in [4.78, 5) is 0. The van der Waals surface area contributed by atoms with E-state index in [9.17, 15) is 0 Å². The van der Waals surface area contributed by atoms with Gasteiger partial charge in [-0.2, -0.15) is 0 Å². The van der Waals surface area contributed by atoms with E-state index in [2.05, 4.69) is 0 Å². The number of rotatable bonds is 0. The molecule has 0 aromatic carbocycles. The Labute approximate surface area is 50.6 Å². The van der Waals surface area contributed by atoms with Crippen molar-refractivity contribution in [2.45, 2.75) is 19.3 Å². The Morgan fingerprint density at radius 2 is 1.25 bits per heavy atom. The molecule has 8 heavy (non-hydrogen) atoms. The molecule has 1 aliphatic rings. The van der Waals surface area contributed by atoms with Crippen LogP contribution in [0.15, 0.2) is 0 Å². The van der Waals surface area contributed by atoms with Gasteiger partial charge in [0.1, 0.15) is 0 Å². The third kappa shape index (κ3) is 4.05. The average Bonchev–Trinajstić information content (AvgIpc) is 1.72. The van der Waals surface area contributed by atoms with Gasteiger partial charge >= 0.3 is 0 Å². The highest BCUT2D eigenvalue weighted by molar-refractivity contribution is 4.45. The lowest BCUT2D eigenvalue weighted by Gasteiger charge is -2.08. The maximum absolute atomic E-state index is 5.07. The summed E-state index contributed by atoms with van der Waals surface area (Å²) < 4.78 is 5.07. The number of ether oxygens (including phenoxy) is 1. The molecule has 1 rings (SSSR count). The van der Waals surface area contributed by atoms with E-state index in [1.54, 1.807) is 0 Å². The first-order valence-corrected chi connectivity index (χ1v) is 2.58. The molecule has 1 saturated heterocycles. The van der Waals surface area contributed by atoms with Crippen molar-refractivity contribution in [1.82, 2.24) is 12.3 Å². The Morgan fingerprint density at radius 1 is 0.750 bits per heavy atom. The summed E-state index contributed by atoms with van der Waals surface area (Å²) in [6.07, 6.45) is 3.93. The van der Waals surface area contributed by atoms with Gasteiger partial charge in [-0.25, -0.2) is 0 Å². The average molecular weight is 120 g/mol. The molecule has 3 nitrogen and oxygen atoms in total. The number of hydrogen-bond donors (Lipinski definition) is 2. The second-order valence-electron chi connectivity index (χ2n) is 1.67. The molecule has 1 heterocycles. The summed E-state index contributed by atoms with van der Waals surface area (Å²) >= 11 is 0. The highest BCUT2D eigenvalue weighted by atomic mass is 16.5. The summed E-state index contributed by atoms with van der Waals surface area (Å²) in [5.74, 6) is 0. The topological polar surface area (TPSA) is 79.2 Å². The van der Waals surface area contributed by atoms with Crippen LogP contribution in [0.2, 0.25) is 0 Å². The van der Waals surface area contributed by atoms with Crippen molar-refractivity contribution < 1.29 is 4.74 Å². The third-order valence-electron chi connectivity index (χ3n) is 1.08. The highest BCUT2D eigenvalue weighted by Crippen LogP contribution is 2.01. The molecule has 0 amide bonds. The lowest BCUT2D eigenvalue weighted by molar-refractivity contribution is 0.0968. The van der Waals surface area contributed by atoms with Crippen LogP contribution in [-0.2, 0) is 4.74 Å². The predicted octanol–water partition coefficient (Wildman–Crippen LogP) is 1.51. The van der Waals surface area contributed by atoms with E-state index in [1.807, 2.05) is 0 Å². The molecule has 0 bridgehead atoms. The van der Waals surface area contributed by atoms with Gasteiger partial charge in [-0.15, -0.1) is 0 Å². The minimum Gasteiger partial charge on any atom is -0.381 e. The summed E-state index contributed by atoms with van der Waals surface area (Å²) in [7, 11) is 0. The minimum absolute atomic E-state index is 0. The molecule has 0 radical (unpaired) electrons. The molecule has 0 aliphatic carbocycles. The van der Waals surface area contributed by atoms with Crippen LogP contribution in [0.4, 0.5) is 0 Å². The van der Waals surface area contributed by atoms with E-state index >= 15 is 0 Å². The molecule has 0 unspecified atom stereocenters. The molecule has 0 atom stereocenters. The van der Waals surface area contributed by atoms with Gasteiger partial charge in [-0.3, -0.25) is 0 Å². The zero-order chi connectivity index (χ0) is 4.24. The summed E-state index contributed by atoms with van der Waals surface area (Å²) in [6, 6.07) is 0. The van der Waals surface area contributed by atoms with Crippen molar-refractivity contribution in [2.75, 3.05) is 13.2 Å². The first-order valence-electron chi connectivity index (χ1n) is 2.58. The van der Waals surface area contributed by atoms with Crippen molar-refractivity contribution in [1.29, 1.82) is 0 Å². The van der Waals surface area contributed by atoms with Crippen molar-refractivity contribution >= 4 is 0 Å². The fourth-order valence-electron chi connectivity index (χ4n) is 0.687. The SMILES string of the molecule is C1CCOCC1.N.N. The zero-order valence-electron chi connectivity index (χ0n) is 5.36. The number of hydrogen-bond acceptors (Lipinski definition) is 3. The Hall–Kier alpha value is -0.120. The lowest BCUT2D eigenvalue weighted by atomic mass is 10.2. The van der Waals surface area contributed by atoms with Gasteiger partial charge in [0.15, 0.2) is 0 Å². The van der Waals surface area contributed by atoms with E-state index in [-0.39, 0.29) is 12.3 Å². The molecular weight excluding hydrogens is 104 g/mol. The van der Waals surface area contributed by atoms with E-state index < -0.39 is 0 Å². The van der Waals surface area contributed by atoms with E-state index in [4.69, 9.17) is 4.74 Å². The van der Waals surface area contributed by atoms with E-state index in [1.165, 1.54) is 19.3 Å². The Bertz CT molecular complexity index is 25.9. The van der Waals surface area contributed by atoms with Crippen molar-refractivity contribution in [3.8, 4) is 0 Å². The molecule has 6 N–H and O–H groups in total. The predicted molar refractivity (Wildman–Crippen MR) is 34.7 cm³/mol. The molecule has 0 aromatic rings. The molecule has 1 fully saturated rings. The van der Waals surface area contributed by atoms with Crippen LogP contribution in [-0.4, -0.2) is 13.2 Å². The first-order chi connectivity index (χ1) is 3.00. The van der Waals surface area contributed by atoms with Gasteiger partial charge in [0.25, 0.3) is 0 Å². The van der Waals surface area contributed by atoms with Gasteiger partial charge in [0.05, 0.1) is 0 Å². The Kier molecular flexibility index (Phi) is 9.28. The molecule has 52 valence electrons. The normalized spacial score (nSPS) is 18.0. The summed E-state index contributed by atoms with van der Waals surface area (Å²) in [6.45, 7) is 2.00. The van der Waals surface area contributed by atoms with Crippen LogP contribution in [0.25, 0.3) is 0 Å². The van der Waals surface area contributed by atoms with Gasteiger partial charge in [0.2, 0.25) is 0 Å². The fourth-order valence-corrected chi connectivity index (χ4v) is 0.687. The largest absolute Gasteiger partial charge is 0.381 e. The standard InChI is InChI=1S/C5H10O.2H3N/c1-2-4-6-5-3-1;;/h1-5H2;2*1H3. The second-order valence-corrected chi connectivity index (χ2v) is 1.67. The quantitative estimate of drug-likeness (QED) is 0.508. The first kappa shape index (κ1) is 10.8. The Morgan fingerprint density at radius 3 is 1.38 bits per heavy atom. The fraction of sp³-hybridized carbons (Fsp3) is 1.00. The highest BCUT2D eigenvalue weighted by Gasteiger charge is 1.94. The molecule has 3 heteroatoms. The Balaban J connectivity index is 0. The van der Waals surface area contributed by atoms with Crippen LogP contribution in [0.1, 0.15) is 19.3 Å². The molecule has 0 saturated carbocycles. The monoisotopic (exact) mass is 120 g/mol. The van der Waals surface area contributed by atoms with Gasteiger partial charge < -0.3 is 17.0 Å².